The first-order valence-corrected chi connectivity index (χ1v) is 9.48. The average Bonchev–Trinajstić information content (AvgIpc) is 3.08. The van der Waals surface area contributed by atoms with E-state index in [9.17, 15) is 14.4 Å². The van der Waals surface area contributed by atoms with Crippen LogP contribution in [-0.4, -0.2) is 42.8 Å². The second-order valence-electron chi connectivity index (χ2n) is 7.97. The fourth-order valence-electron chi connectivity index (χ4n) is 3.23. The quantitative estimate of drug-likeness (QED) is 0.793. The number of amides is 2. The molecule has 0 radical (unpaired) electrons. The molecule has 2 amide bonds. The van der Waals surface area contributed by atoms with Crippen molar-refractivity contribution in [2.24, 2.45) is 0 Å². The summed E-state index contributed by atoms with van der Waals surface area (Å²) >= 11 is 0. The Kier molecular flexibility index (Phi) is 5.76. The highest BCUT2D eigenvalue weighted by Crippen LogP contribution is 2.35. The Morgan fingerprint density at radius 1 is 1.25 bits per heavy atom. The summed E-state index contributed by atoms with van der Waals surface area (Å²) in [6.45, 7) is 4.96. The van der Waals surface area contributed by atoms with Crippen molar-refractivity contribution in [2.45, 2.75) is 58.2 Å². The van der Waals surface area contributed by atoms with E-state index >= 15 is 0 Å². The second-order valence-corrected chi connectivity index (χ2v) is 7.97. The Balaban J connectivity index is 1.72. The molecule has 1 fully saturated rings. The van der Waals surface area contributed by atoms with E-state index in [0.717, 1.165) is 25.7 Å². The van der Waals surface area contributed by atoms with Crippen LogP contribution < -0.4 is 15.0 Å². The number of esters is 1. The molecule has 152 valence electrons. The van der Waals surface area contributed by atoms with Crippen LogP contribution in [0.3, 0.4) is 0 Å². The smallest absolute Gasteiger partial charge is 0.412 e. The number of hydrogen-bond acceptors (Lipinski definition) is 6. The number of nitrogens with one attached hydrogen (secondary N) is 1. The Morgan fingerprint density at radius 3 is 2.64 bits per heavy atom. The summed E-state index contributed by atoms with van der Waals surface area (Å²) < 4.78 is 16.1. The van der Waals surface area contributed by atoms with E-state index in [-0.39, 0.29) is 25.2 Å². The summed E-state index contributed by atoms with van der Waals surface area (Å²) in [6, 6.07) is 4.87. The SMILES string of the molecule is CC(C)(C)OC(=O)Nc1ccc2c(c1)N(CC(=O)OC1CCCC1)C(=O)CO2. The van der Waals surface area contributed by atoms with E-state index in [1.807, 2.05) is 0 Å². The van der Waals surface area contributed by atoms with Crippen LogP contribution in [-0.2, 0) is 19.1 Å². The van der Waals surface area contributed by atoms with Gasteiger partial charge in [0.05, 0.1) is 5.69 Å². The van der Waals surface area contributed by atoms with Gasteiger partial charge in [-0.1, -0.05) is 0 Å². The van der Waals surface area contributed by atoms with Gasteiger partial charge in [-0.15, -0.1) is 0 Å². The molecule has 8 heteroatoms. The van der Waals surface area contributed by atoms with Crippen LogP contribution in [0.4, 0.5) is 16.2 Å². The molecule has 0 saturated heterocycles. The van der Waals surface area contributed by atoms with Gasteiger partial charge >= 0.3 is 12.1 Å². The van der Waals surface area contributed by atoms with Gasteiger partial charge in [0.1, 0.15) is 24.0 Å². The van der Waals surface area contributed by atoms with Crippen molar-refractivity contribution in [2.75, 3.05) is 23.4 Å². The molecule has 1 N–H and O–H groups in total. The maximum absolute atomic E-state index is 12.3. The molecule has 0 spiro atoms. The summed E-state index contributed by atoms with van der Waals surface area (Å²) in [5, 5.41) is 2.63. The van der Waals surface area contributed by atoms with E-state index in [0.29, 0.717) is 17.1 Å². The van der Waals surface area contributed by atoms with E-state index in [2.05, 4.69) is 5.32 Å². The predicted molar refractivity (Wildman–Crippen MR) is 102 cm³/mol. The lowest BCUT2D eigenvalue weighted by Gasteiger charge is -2.29. The fourth-order valence-corrected chi connectivity index (χ4v) is 3.23. The maximum Gasteiger partial charge on any atom is 0.412 e. The molecule has 1 saturated carbocycles. The van der Waals surface area contributed by atoms with Gasteiger partial charge in [-0.05, 0) is 64.7 Å². The molecule has 1 heterocycles. The third-order valence-electron chi connectivity index (χ3n) is 4.43. The Hall–Kier alpha value is -2.77. The summed E-state index contributed by atoms with van der Waals surface area (Å²) in [4.78, 5) is 38.0. The van der Waals surface area contributed by atoms with Gasteiger partial charge in [-0.2, -0.15) is 0 Å². The highest BCUT2D eigenvalue weighted by atomic mass is 16.6. The highest BCUT2D eigenvalue weighted by Gasteiger charge is 2.30. The van der Waals surface area contributed by atoms with Crippen molar-refractivity contribution in [3.05, 3.63) is 18.2 Å². The van der Waals surface area contributed by atoms with Crippen LogP contribution in [0.25, 0.3) is 0 Å². The third-order valence-corrected chi connectivity index (χ3v) is 4.43. The monoisotopic (exact) mass is 390 g/mol. The van der Waals surface area contributed by atoms with E-state index in [4.69, 9.17) is 14.2 Å². The zero-order chi connectivity index (χ0) is 20.3. The van der Waals surface area contributed by atoms with Gasteiger partial charge in [0.25, 0.3) is 5.91 Å². The summed E-state index contributed by atoms with van der Waals surface area (Å²) in [5.74, 6) is -0.327. The maximum atomic E-state index is 12.3. The Labute approximate surface area is 164 Å². The number of hydrogen-bond donors (Lipinski definition) is 1. The lowest BCUT2D eigenvalue weighted by Crippen LogP contribution is -2.43. The molecule has 0 atom stereocenters. The molecule has 0 unspecified atom stereocenters. The lowest BCUT2D eigenvalue weighted by atomic mass is 10.2. The van der Waals surface area contributed by atoms with Crippen LogP contribution in [0.5, 0.6) is 5.75 Å². The van der Waals surface area contributed by atoms with Gasteiger partial charge in [0, 0.05) is 5.69 Å². The number of nitrogens with zero attached hydrogens (tertiary/aromatic N) is 1. The number of fused-ring (bicyclic) bond motifs is 1. The zero-order valence-electron chi connectivity index (χ0n) is 16.4. The first-order chi connectivity index (χ1) is 13.2. The number of rotatable bonds is 4. The minimum Gasteiger partial charge on any atom is -0.482 e. The number of ether oxygens (including phenoxy) is 3. The largest absolute Gasteiger partial charge is 0.482 e. The molecule has 0 aromatic heterocycles. The van der Waals surface area contributed by atoms with Gasteiger partial charge in [-0.25, -0.2) is 4.79 Å². The second kappa shape index (κ2) is 8.08. The minimum atomic E-state index is -0.632. The molecule has 1 aliphatic carbocycles. The van der Waals surface area contributed by atoms with Crippen LogP contribution in [0.15, 0.2) is 18.2 Å². The number of anilines is 2. The van der Waals surface area contributed by atoms with Crippen molar-refractivity contribution in [1.82, 2.24) is 0 Å². The van der Waals surface area contributed by atoms with Crippen LogP contribution in [0.1, 0.15) is 46.5 Å². The summed E-state index contributed by atoms with van der Waals surface area (Å²) in [7, 11) is 0. The fraction of sp³-hybridized carbons (Fsp3) is 0.550. The molecular weight excluding hydrogens is 364 g/mol. The number of carbonyl (C=O) groups excluding carboxylic acids is 3. The van der Waals surface area contributed by atoms with Gasteiger partial charge < -0.3 is 14.2 Å². The Bertz CT molecular complexity index is 764. The molecule has 1 aromatic carbocycles. The van der Waals surface area contributed by atoms with Gasteiger partial charge in [0.2, 0.25) is 0 Å². The molecule has 1 aliphatic heterocycles. The highest BCUT2D eigenvalue weighted by molar-refractivity contribution is 6.02. The summed E-state index contributed by atoms with van der Waals surface area (Å²) in [6.07, 6.45) is 3.16. The topological polar surface area (TPSA) is 94.2 Å². The van der Waals surface area contributed by atoms with Crippen molar-refractivity contribution in [3.8, 4) is 5.75 Å². The van der Waals surface area contributed by atoms with Crippen molar-refractivity contribution >= 4 is 29.3 Å². The number of carbonyl (C=O) groups is 3. The zero-order valence-corrected chi connectivity index (χ0v) is 16.4. The number of benzene rings is 1. The van der Waals surface area contributed by atoms with Crippen LogP contribution >= 0.6 is 0 Å². The summed E-state index contributed by atoms with van der Waals surface area (Å²) in [5.41, 5.74) is 0.210. The normalized spacial score (nSPS) is 17.0. The average molecular weight is 390 g/mol. The molecule has 0 bridgehead atoms. The van der Waals surface area contributed by atoms with Gasteiger partial charge in [-0.3, -0.25) is 19.8 Å². The molecule has 3 rings (SSSR count). The molecular formula is C20H26N2O6. The minimum absolute atomic E-state index is 0.0664. The molecule has 2 aliphatic rings. The Morgan fingerprint density at radius 2 is 1.96 bits per heavy atom. The third kappa shape index (κ3) is 5.15. The predicted octanol–water partition coefficient (Wildman–Crippen LogP) is 3.24. The van der Waals surface area contributed by atoms with Crippen LogP contribution in [0.2, 0.25) is 0 Å². The molecule has 8 nitrogen and oxygen atoms in total. The lowest BCUT2D eigenvalue weighted by molar-refractivity contribution is -0.147. The molecule has 28 heavy (non-hydrogen) atoms. The van der Waals surface area contributed by atoms with E-state index < -0.39 is 17.7 Å². The molecule has 1 aromatic rings. The van der Waals surface area contributed by atoms with E-state index in [1.165, 1.54) is 4.90 Å². The van der Waals surface area contributed by atoms with E-state index in [1.54, 1.807) is 39.0 Å². The van der Waals surface area contributed by atoms with Crippen molar-refractivity contribution < 1.29 is 28.6 Å². The standard InChI is InChI=1S/C20H26N2O6/c1-20(2,3)28-19(25)21-13-8-9-16-15(10-13)22(17(23)12-26-16)11-18(24)27-14-6-4-5-7-14/h8-10,14H,4-7,11-12H2,1-3H3,(H,21,25). The first-order valence-electron chi connectivity index (χ1n) is 9.48. The van der Waals surface area contributed by atoms with Crippen molar-refractivity contribution in [3.63, 3.8) is 0 Å². The van der Waals surface area contributed by atoms with Crippen molar-refractivity contribution in [1.29, 1.82) is 0 Å². The first kappa shape index (κ1) is 20.0. The van der Waals surface area contributed by atoms with Gasteiger partial charge in [0.15, 0.2) is 6.61 Å². The van der Waals surface area contributed by atoms with Crippen LogP contribution in [0, 0.1) is 0 Å².